The van der Waals surface area contributed by atoms with Gasteiger partial charge in [0.1, 0.15) is 0 Å². The maximum Gasteiger partial charge on any atom is 0.323 e. The van der Waals surface area contributed by atoms with Crippen molar-refractivity contribution in [1.29, 1.82) is 0 Å². The van der Waals surface area contributed by atoms with Crippen molar-refractivity contribution >= 4 is 35.0 Å². The molecule has 0 heterocycles. The van der Waals surface area contributed by atoms with Crippen LogP contribution in [-0.2, 0) is 16.0 Å². The molecular formula is C20H21N3O4. The summed E-state index contributed by atoms with van der Waals surface area (Å²) < 4.78 is 0. The van der Waals surface area contributed by atoms with Crippen LogP contribution < -0.4 is 16.0 Å². The Morgan fingerprint density at radius 1 is 0.889 bits per heavy atom. The van der Waals surface area contributed by atoms with Gasteiger partial charge in [0.2, 0.25) is 5.91 Å². The fraction of sp³-hybridized carbons (Fsp3) is 0.250. The Morgan fingerprint density at radius 3 is 2.15 bits per heavy atom. The number of amides is 3. The highest BCUT2D eigenvalue weighted by molar-refractivity contribution is 6.00. The SMILES string of the molecule is O=C(O)CCc1cccc(NC(=O)Nc2ccc(NC(=O)C3CC3)cc2)c1. The first-order valence-corrected chi connectivity index (χ1v) is 8.79. The first-order valence-electron chi connectivity index (χ1n) is 8.79. The van der Waals surface area contributed by atoms with Crippen molar-refractivity contribution in [1.82, 2.24) is 0 Å². The Hall–Kier alpha value is -3.35. The van der Waals surface area contributed by atoms with Crippen molar-refractivity contribution in [2.45, 2.75) is 25.7 Å². The lowest BCUT2D eigenvalue weighted by molar-refractivity contribution is -0.137. The van der Waals surface area contributed by atoms with Crippen LogP contribution in [0.3, 0.4) is 0 Å². The molecule has 0 saturated heterocycles. The van der Waals surface area contributed by atoms with Gasteiger partial charge in [0.15, 0.2) is 0 Å². The number of hydrogen-bond donors (Lipinski definition) is 4. The van der Waals surface area contributed by atoms with E-state index in [9.17, 15) is 14.4 Å². The lowest BCUT2D eigenvalue weighted by atomic mass is 10.1. The minimum atomic E-state index is -0.858. The molecule has 140 valence electrons. The summed E-state index contributed by atoms with van der Waals surface area (Å²) in [6.07, 6.45) is 2.34. The third-order valence-corrected chi connectivity index (χ3v) is 4.17. The molecule has 7 heteroatoms. The molecule has 0 aromatic heterocycles. The summed E-state index contributed by atoms with van der Waals surface area (Å²) in [7, 11) is 0. The molecule has 27 heavy (non-hydrogen) atoms. The van der Waals surface area contributed by atoms with Crippen molar-refractivity contribution in [2.24, 2.45) is 5.92 Å². The number of aryl methyl sites for hydroxylation is 1. The summed E-state index contributed by atoms with van der Waals surface area (Å²) in [6, 6.07) is 13.6. The van der Waals surface area contributed by atoms with E-state index in [-0.39, 0.29) is 18.2 Å². The average molecular weight is 367 g/mol. The molecule has 0 radical (unpaired) electrons. The highest BCUT2D eigenvalue weighted by Gasteiger charge is 2.29. The third kappa shape index (κ3) is 5.85. The van der Waals surface area contributed by atoms with Crippen LogP contribution in [0.25, 0.3) is 0 Å². The number of rotatable bonds is 7. The number of anilines is 3. The Bertz CT molecular complexity index is 845. The number of aliphatic carboxylic acids is 1. The minimum Gasteiger partial charge on any atom is -0.481 e. The number of hydrogen-bond acceptors (Lipinski definition) is 3. The van der Waals surface area contributed by atoms with Crippen molar-refractivity contribution in [3.63, 3.8) is 0 Å². The molecular weight excluding hydrogens is 346 g/mol. The van der Waals surface area contributed by atoms with Gasteiger partial charge >= 0.3 is 12.0 Å². The number of carbonyl (C=O) groups excluding carboxylic acids is 2. The van der Waals surface area contributed by atoms with Gasteiger partial charge in [-0.1, -0.05) is 12.1 Å². The van der Waals surface area contributed by atoms with E-state index in [4.69, 9.17) is 5.11 Å². The summed E-state index contributed by atoms with van der Waals surface area (Å²) >= 11 is 0. The Morgan fingerprint density at radius 2 is 1.52 bits per heavy atom. The van der Waals surface area contributed by atoms with E-state index in [1.165, 1.54) is 0 Å². The van der Waals surface area contributed by atoms with Gasteiger partial charge in [-0.25, -0.2) is 4.79 Å². The lowest BCUT2D eigenvalue weighted by Crippen LogP contribution is -2.19. The van der Waals surface area contributed by atoms with Crippen molar-refractivity contribution in [3.05, 3.63) is 54.1 Å². The maximum atomic E-state index is 12.1. The fourth-order valence-corrected chi connectivity index (χ4v) is 2.58. The molecule has 3 amide bonds. The maximum absolute atomic E-state index is 12.1. The summed E-state index contributed by atoms with van der Waals surface area (Å²) in [5.74, 6) is -0.682. The standard InChI is InChI=1S/C20H21N3O4/c24-18(25)11-4-13-2-1-3-17(12-13)23-20(27)22-16-9-7-15(8-10-16)21-19(26)14-5-6-14/h1-3,7-10,12,14H,4-6,11H2,(H,21,26)(H,24,25)(H2,22,23,27). The van der Waals surface area contributed by atoms with Crippen LogP contribution in [0.15, 0.2) is 48.5 Å². The smallest absolute Gasteiger partial charge is 0.323 e. The second kappa shape index (κ2) is 8.35. The predicted octanol–water partition coefficient (Wildman–Crippen LogP) is 3.70. The monoisotopic (exact) mass is 367 g/mol. The van der Waals surface area contributed by atoms with E-state index >= 15 is 0 Å². The molecule has 0 unspecified atom stereocenters. The van der Waals surface area contributed by atoms with Crippen LogP contribution in [0.2, 0.25) is 0 Å². The van der Waals surface area contributed by atoms with Crippen molar-refractivity contribution in [2.75, 3.05) is 16.0 Å². The molecule has 0 aliphatic heterocycles. The summed E-state index contributed by atoms with van der Waals surface area (Å²) in [4.78, 5) is 34.5. The highest BCUT2D eigenvalue weighted by atomic mass is 16.4. The molecule has 1 fully saturated rings. The Labute approximate surface area is 156 Å². The molecule has 4 N–H and O–H groups in total. The van der Waals surface area contributed by atoms with Crippen LogP contribution in [0.4, 0.5) is 21.9 Å². The minimum absolute atomic E-state index is 0.0382. The van der Waals surface area contributed by atoms with Gasteiger partial charge in [-0.15, -0.1) is 0 Å². The van der Waals surface area contributed by atoms with Gasteiger partial charge in [0.25, 0.3) is 0 Å². The van der Waals surface area contributed by atoms with E-state index in [0.29, 0.717) is 23.5 Å². The van der Waals surface area contributed by atoms with Gasteiger partial charge in [-0.3, -0.25) is 9.59 Å². The first-order chi connectivity index (χ1) is 13.0. The number of nitrogens with one attached hydrogen (secondary N) is 3. The quantitative estimate of drug-likeness (QED) is 0.598. The van der Waals surface area contributed by atoms with Crippen LogP contribution >= 0.6 is 0 Å². The number of carboxylic acids is 1. The van der Waals surface area contributed by atoms with Crippen molar-refractivity contribution < 1.29 is 19.5 Å². The first kappa shape index (κ1) is 18.4. The fourth-order valence-electron chi connectivity index (χ4n) is 2.58. The van der Waals surface area contributed by atoms with Gasteiger partial charge in [0.05, 0.1) is 0 Å². The molecule has 2 aromatic carbocycles. The van der Waals surface area contributed by atoms with E-state index in [1.807, 2.05) is 6.07 Å². The molecule has 1 aliphatic carbocycles. The van der Waals surface area contributed by atoms with Crippen molar-refractivity contribution in [3.8, 4) is 0 Å². The number of carbonyl (C=O) groups is 3. The van der Waals surface area contributed by atoms with E-state index in [1.54, 1.807) is 42.5 Å². The van der Waals surface area contributed by atoms with Crippen LogP contribution in [0.1, 0.15) is 24.8 Å². The second-order valence-electron chi connectivity index (χ2n) is 6.51. The molecule has 2 aromatic rings. The zero-order valence-electron chi connectivity index (χ0n) is 14.7. The molecule has 3 rings (SSSR count). The van der Waals surface area contributed by atoms with Crippen LogP contribution in [0, 0.1) is 5.92 Å². The zero-order chi connectivity index (χ0) is 19.2. The van der Waals surface area contributed by atoms with Gasteiger partial charge in [-0.05, 0) is 61.2 Å². The molecule has 0 atom stereocenters. The Kier molecular flexibility index (Phi) is 5.71. The van der Waals surface area contributed by atoms with Gasteiger partial charge < -0.3 is 21.1 Å². The summed E-state index contributed by atoms with van der Waals surface area (Å²) in [6.45, 7) is 0. The Balaban J connectivity index is 1.52. The summed E-state index contributed by atoms with van der Waals surface area (Å²) in [5, 5.41) is 17.0. The lowest BCUT2D eigenvalue weighted by Gasteiger charge is -2.10. The summed E-state index contributed by atoms with van der Waals surface area (Å²) in [5.41, 5.74) is 2.72. The van der Waals surface area contributed by atoms with Crippen LogP contribution in [0.5, 0.6) is 0 Å². The molecule has 7 nitrogen and oxygen atoms in total. The molecule has 1 saturated carbocycles. The molecule has 0 spiro atoms. The number of urea groups is 1. The highest BCUT2D eigenvalue weighted by Crippen LogP contribution is 2.30. The second-order valence-corrected chi connectivity index (χ2v) is 6.51. The number of carboxylic acid groups (broad SMARTS) is 1. The zero-order valence-corrected chi connectivity index (χ0v) is 14.7. The van der Waals surface area contributed by atoms with E-state index < -0.39 is 12.0 Å². The van der Waals surface area contributed by atoms with Gasteiger partial charge in [0, 0.05) is 29.4 Å². The average Bonchev–Trinajstić information content (AvgIpc) is 3.47. The predicted molar refractivity (Wildman–Crippen MR) is 103 cm³/mol. The topological polar surface area (TPSA) is 108 Å². The largest absolute Gasteiger partial charge is 0.481 e. The van der Waals surface area contributed by atoms with E-state index in [2.05, 4.69) is 16.0 Å². The molecule has 1 aliphatic rings. The third-order valence-electron chi connectivity index (χ3n) is 4.17. The van der Waals surface area contributed by atoms with Gasteiger partial charge in [-0.2, -0.15) is 0 Å². The number of benzene rings is 2. The molecule has 0 bridgehead atoms. The van der Waals surface area contributed by atoms with Crippen LogP contribution in [-0.4, -0.2) is 23.0 Å². The van der Waals surface area contributed by atoms with E-state index in [0.717, 1.165) is 18.4 Å². The normalized spacial score (nSPS) is 12.9.